The van der Waals surface area contributed by atoms with Crippen molar-refractivity contribution in [3.8, 4) is 0 Å². The molecule has 126 valence electrons. The molecule has 6 heteroatoms. The number of hydrazone groups is 1. The van der Waals surface area contributed by atoms with Crippen molar-refractivity contribution in [1.29, 1.82) is 0 Å². The number of nitrogens with zero attached hydrogens (tertiary/aromatic N) is 1. The van der Waals surface area contributed by atoms with Crippen LogP contribution >= 0.6 is 0 Å². The maximum Gasteiger partial charge on any atom is 0.259 e. The highest BCUT2D eigenvalue weighted by Gasteiger charge is 2.07. The van der Waals surface area contributed by atoms with Crippen molar-refractivity contribution < 1.29 is 9.59 Å². The summed E-state index contributed by atoms with van der Waals surface area (Å²) in [5.74, 6) is -0.684. The lowest BCUT2D eigenvalue weighted by Gasteiger charge is -2.04. The minimum atomic E-state index is -0.389. The average molecular weight is 334 g/mol. The number of benzene rings is 2. The van der Waals surface area contributed by atoms with Crippen LogP contribution in [0.15, 0.2) is 59.8 Å². The molecule has 3 rings (SSSR count). The van der Waals surface area contributed by atoms with Crippen LogP contribution in [0.3, 0.4) is 0 Å². The molecule has 0 radical (unpaired) electrons. The topological polar surface area (TPSA) is 86.3 Å². The van der Waals surface area contributed by atoms with Gasteiger partial charge < -0.3 is 10.3 Å². The normalized spacial score (nSPS) is 10.9. The van der Waals surface area contributed by atoms with Gasteiger partial charge in [0, 0.05) is 17.3 Å². The Morgan fingerprint density at radius 1 is 1.12 bits per heavy atom. The minimum absolute atomic E-state index is 0.138. The second-order valence-corrected chi connectivity index (χ2v) is 5.67. The Labute approximate surface area is 144 Å². The first-order valence-electron chi connectivity index (χ1n) is 7.86. The van der Waals surface area contributed by atoms with Crippen molar-refractivity contribution in [2.45, 2.75) is 6.92 Å². The van der Waals surface area contributed by atoms with E-state index in [-0.39, 0.29) is 18.4 Å². The number of rotatable bonds is 5. The Morgan fingerprint density at radius 3 is 2.72 bits per heavy atom. The quantitative estimate of drug-likeness (QED) is 0.494. The van der Waals surface area contributed by atoms with Crippen molar-refractivity contribution in [2.75, 3.05) is 6.54 Å². The van der Waals surface area contributed by atoms with Gasteiger partial charge in [-0.2, -0.15) is 5.10 Å². The van der Waals surface area contributed by atoms with Crippen LogP contribution in [-0.4, -0.2) is 29.6 Å². The first-order chi connectivity index (χ1) is 12.1. The molecule has 2 amide bonds. The first-order valence-corrected chi connectivity index (χ1v) is 7.86. The highest BCUT2D eigenvalue weighted by molar-refractivity contribution is 5.96. The lowest BCUT2D eigenvalue weighted by molar-refractivity contribution is -0.120. The summed E-state index contributed by atoms with van der Waals surface area (Å²) in [5.41, 5.74) is 5.90. The maximum atomic E-state index is 11.9. The average Bonchev–Trinajstić information content (AvgIpc) is 3.08. The smallest absolute Gasteiger partial charge is 0.259 e. The summed E-state index contributed by atoms with van der Waals surface area (Å²) < 4.78 is 0. The molecule has 0 saturated heterocycles. The largest absolute Gasteiger partial charge is 0.361 e. The van der Waals surface area contributed by atoms with Crippen LogP contribution in [0, 0.1) is 6.92 Å². The van der Waals surface area contributed by atoms with Crippen LogP contribution in [-0.2, 0) is 4.79 Å². The van der Waals surface area contributed by atoms with E-state index in [4.69, 9.17) is 0 Å². The van der Waals surface area contributed by atoms with E-state index in [1.54, 1.807) is 18.3 Å². The molecule has 0 unspecified atom stereocenters. The molecule has 25 heavy (non-hydrogen) atoms. The zero-order valence-corrected chi connectivity index (χ0v) is 13.7. The van der Waals surface area contributed by atoms with E-state index in [0.29, 0.717) is 5.56 Å². The van der Waals surface area contributed by atoms with Gasteiger partial charge in [-0.15, -0.1) is 0 Å². The number of aryl methyl sites for hydroxylation is 1. The highest BCUT2D eigenvalue weighted by atomic mass is 16.2. The molecule has 0 atom stereocenters. The van der Waals surface area contributed by atoms with Gasteiger partial charge in [-0.3, -0.25) is 9.59 Å². The number of aromatic amines is 1. The molecule has 0 aliphatic heterocycles. The predicted molar refractivity (Wildman–Crippen MR) is 97.5 cm³/mol. The van der Waals surface area contributed by atoms with Crippen LogP contribution < -0.4 is 10.7 Å². The molecule has 1 aromatic heterocycles. The van der Waals surface area contributed by atoms with E-state index in [1.807, 2.05) is 49.5 Å². The number of amides is 2. The van der Waals surface area contributed by atoms with Gasteiger partial charge in [0.2, 0.25) is 0 Å². The summed E-state index contributed by atoms with van der Waals surface area (Å²) in [6.07, 6.45) is 3.43. The molecule has 3 N–H and O–H groups in total. The second kappa shape index (κ2) is 7.44. The van der Waals surface area contributed by atoms with E-state index in [1.165, 1.54) is 0 Å². The summed E-state index contributed by atoms with van der Waals surface area (Å²) in [5, 5.41) is 7.54. The Morgan fingerprint density at radius 2 is 1.92 bits per heavy atom. The Kier molecular flexibility index (Phi) is 4.89. The van der Waals surface area contributed by atoms with E-state index < -0.39 is 0 Å². The summed E-state index contributed by atoms with van der Waals surface area (Å²) >= 11 is 0. The molecule has 0 bridgehead atoms. The summed E-state index contributed by atoms with van der Waals surface area (Å²) in [6.45, 7) is 1.81. The van der Waals surface area contributed by atoms with Gasteiger partial charge >= 0.3 is 0 Å². The number of nitrogens with one attached hydrogen (secondary N) is 3. The van der Waals surface area contributed by atoms with Gasteiger partial charge in [0.25, 0.3) is 11.8 Å². The van der Waals surface area contributed by atoms with Crippen LogP contribution in [0.1, 0.15) is 21.5 Å². The number of fused-ring (bicyclic) bond motifs is 1. The number of hydrogen-bond donors (Lipinski definition) is 3. The van der Waals surface area contributed by atoms with Crippen LogP contribution in [0.2, 0.25) is 0 Å². The molecule has 0 aliphatic rings. The van der Waals surface area contributed by atoms with Gasteiger partial charge in [0.05, 0.1) is 12.8 Å². The van der Waals surface area contributed by atoms with Crippen LogP contribution in [0.5, 0.6) is 0 Å². The molecule has 0 spiro atoms. The molecule has 1 heterocycles. The van der Waals surface area contributed by atoms with Gasteiger partial charge in [0.1, 0.15) is 0 Å². The Balaban J connectivity index is 1.48. The molecular weight excluding hydrogens is 316 g/mol. The fourth-order valence-corrected chi connectivity index (χ4v) is 2.34. The molecule has 3 aromatic rings. The predicted octanol–water partition coefficient (Wildman–Crippen LogP) is 2.36. The van der Waals surface area contributed by atoms with Gasteiger partial charge in [-0.05, 0) is 48.2 Å². The third kappa shape index (κ3) is 4.32. The van der Waals surface area contributed by atoms with Crippen molar-refractivity contribution in [2.24, 2.45) is 5.10 Å². The zero-order chi connectivity index (χ0) is 17.6. The number of carbonyl (C=O) groups is 2. The van der Waals surface area contributed by atoms with Crippen molar-refractivity contribution >= 4 is 28.9 Å². The number of hydrogen-bond acceptors (Lipinski definition) is 3. The third-order valence-electron chi connectivity index (χ3n) is 3.70. The van der Waals surface area contributed by atoms with Gasteiger partial charge in [0.15, 0.2) is 0 Å². The zero-order valence-electron chi connectivity index (χ0n) is 13.7. The Bertz CT molecular complexity index is 926. The lowest BCUT2D eigenvalue weighted by Crippen LogP contribution is -2.34. The van der Waals surface area contributed by atoms with Crippen LogP contribution in [0.25, 0.3) is 10.9 Å². The summed E-state index contributed by atoms with van der Waals surface area (Å²) in [4.78, 5) is 26.8. The van der Waals surface area contributed by atoms with Crippen LogP contribution in [0.4, 0.5) is 0 Å². The third-order valence-corrected chi connectivity index (χ3v) is 3.70. The fourth-order valence-electron chi connectivity index (χ4n) is 2.34. The summed E-state index contributed by atoms with van der Waals surface area (Å²) in [6, 6.07) is 14.9. The van der Waals surface area contributed by atoms with E-state index in [2.05, 4.69) is 20.8 Å². The number of H-pyrrole nitrogens is 1. The summed E-state index contributed by atoms with van der Waals surface area (Å²) in [7, 11) is 0. The first kappa shape index (κ1) is 16.4. The molecular formula is C19H18N4O2. The molecule has 0 aliphatic carbocycles. The lowest BCUT2D eigenvalue weighted by atomic mass is 10.1. The van der Waals surface area contributed by atoms with E-state index in [0.717, 1.165) is 22.0 Å². The van der Waals surface area contributed by atoms with E-state index >= 15 is 0 Å². The highest BCUT2D eigenvalue weighted by Crippen LogP contribution is 2.12. The maximum absolute atomic E-state index is 11.9. The number of aromatic nitrogens is 1. The monoisotopic (exact) mass is 334 g/mol. The van der Waals surface area contributed by atoms with Gasteiger partial charge in [-0.25, -0.2) is 5.43 Å². The standard InChI is InChI=1S/C19H18N4O2/c1-13-2-5-15(6-3-13)19(25)21-12-18(24)23-22-11-14-4-7-17-16(10-14)8-9-20-17/h2-11,20H,12H2,1H3,(H,21,25)(H,23,24). The molecule has 6 nitrogen and oxygen atoms in total. The fraction of sp³-hybridized carbons (Fsp3) is 0.105. The van der Waals surface area contributed by atoms with Crippen molar-refractivity contribution in [3.05, 3.63) is 71.4 Å². The Hall–Kier alpha value is -3.41. The number of carbonyl (C=O) groups excluding carboxylic acids is 2. The minimum Gasteiger partial charge on any atom is -0.361 e. The molecule has 2 aromatic carbocycles. The van der Waals surface area contributed by atoms with Crippen molar-refractivity contribution in [3.63, 3.8) is 0 Å². The SMILES string of the molecule is Cc1ccc(C(=O)NCC(=O)NN=Cc2ccc3[nH]ccc3c2)cc1. The van der Waals surface area contributed by atoms with Gasteiger partial charge in [-0.1, -0.05) is 23.8 Å². The molecule has 0 saturated carbocycles. The second-order valence-electron chi connectivity index (χ2n) is 5.67. The molecule has 0 fully saturated rings. The van der Waals surface area contributed by atoms with E-state index in [9.17, 15) is 9.59 Å². The van der Waals surface area contributed by atoms with Crippen molar-refractivity contribution in [1.82, 2.24) is 15.7 Å².